The first-order valence-corrected chi connectivity index (χ1v) is 9.65. The molecule has 1 unspecified atom stereocenters. The Morgan fingerprint density at radius 2 is 2.07 bits per heavy atom. The molecule has 1 aliphatic heterocycles. The molecule has 1 N–H and O–H groups in total. The lowest BCUT2D eigenvalue weighted by Crippen LogP contribution is -2.47. The maximum absolute atomic E-state index is 12.4. The van der Waals surface area contributed by atoms with Gasteiger partial charge >= 0.3 is 5.97 Å². The maximum atomic E-state index is 12.4. The molecule has 1 aromatic carbocycles. The molecule has 2 heterocycles. The highest BCUT2D eigenvalue weighted by Crippen LogP contribution is 2.17. The molecule has 0 bridgehead atoms. The van der Waals surface area contributed by atoms with E-state index in [1.54, 1.807) is 36.1 Å². The summed E-state index contributed by atoms with van der Waals surface area (Å²) in [7, 11) is 0. The number of piperidine rings is 1. The number of esters is 1. The van der Waals surface area contributed by atoms with Crippen LogP contribution in [0, 0.1) is 5.92 Å². The van der Waals surface area contributed by atoms with E-state index in [1.165, 1.54) is 10.9 Å². The molecule has 1 atom stereocenters. The summed E-state index contributed by atoms with van der Waals surface area (Å²) in [5.74, 6) is -1.35. The minimum Gasteiger partial charge on any atom is -0.466 e. The van der Waals surface area contributed by atoms with E-state index in [-0.39, 0.29) is 36.4 Å². The number of aromatic nitrogens is 2. The zero-order chi connectivity index (χ0) is 20.8. The number of carbonyl (C=O) groups is 3. The third kappa shape index (κ3) is 4.98. The predicted molar refractivity (Wildman–Crippen MR) is 105 cm³/mol. The minimum atomic E-state index is -0.462. The van der Waals surface area contributed by atoms with Gasteiger partial charge in [0.05, 0.1) is 36.3 Å². The number of rotatable bonds is 6. The number of para-hydroxylation sites is 1. The van der Waals surface area contributed by atoms with Crippen molar-refractivity contribution in [2.45, 2.75) is 26.3 Å². The van der Waals surface area contributed by atoms with Crippen molar-refractivity contribution in [1.29, 1.82) is 0 Å². The van der Waals surface area contributed by atoms with Crippen LogP contribution >= 0.6 is 0 Å². The van der Waals surface area contributed by atoms with Crippen LogP contribution in [0.1, 0.15) is 19.8 Å². The Morgan fingerprint density at radius 1 is 1.28 bits per heavy atom. The van der Waals surface area contributed by atoms with Crippen LogP contribution in [0.25, 0.3) is 10.9 Å². The van der Waals surface area contributed by atoms with Crippen LogP contribution in [0.5, 0.6) is 0 Å². The van der Waals surface area contributed by atoms with E-state index in [4.69, 9.17) is 4.74 Å². The van der Waals surface area contributed by atoms with Gasteiger partial charge in [-0.2, -0.15) is 0 Å². The summed E-state index contributed by atoms with van der Waals surface area (Å²) in [5, 5.41) is 2.97. The fraction of sp³-hybridized carbons (Fsp3) is 0.450. The molecule has 0 saturated carbocycles. The molecular weight excluding hydrogens is 376 g/mol. The van der Waals surface area contributed by atoms with Crippen molar-refractivity contribution in [1.82, 2.24) is 19.8 Å². The summed E-state index contributed by atoms with van der Waals surface area (Å²) >= 11 is 0. The van der Waals surface area contributed by atoms with Gasteiger partial charge in [-0.3, -0.25) is 23.7 Å². The van der Waals surface area contributed by atoms with Gasteiger partial charge in [0.25, 0.3) is 5.56 Å². The average molecular weight is 400 g/mol. The van der Waals surface area contributed by atoms with E-state index in [9.17, 15) is 19.2 Å². The maximum Gasteiger partial charge on any atom is 0.310 e. The molecule has 1 fully saturated rings. The van der Waals surface area contributed by atoms with E-state index >= 15 is 0 Å². The van der Waals surface area contributed by atoms with Crippen LogP contribution in [-0.2, 0) is 25.7 Å². The van der Waals surface area contributed by atoms with Gasteiger partial charge in [-0.25, -0.2) is 4.98 Å². The van der Waals surface area contributed by atoms with Crippen molar-refractivity contribution in [3.05, 3.63) is 40.9 Å². The number of hydrogen-bond donors (Lipinski definition) is 1. The number of amides is 2. The Kier molecular flexibility index (Phi) is 6.58. The molecule has 9 heteroatoms. The zero-order valence-electron chi connectivity index (χ0n) is 16.3. The largest absolute Gasteiger partial charge is 0.466 e. The van der Waals surface area contributed by atoms with Gasteiger partial charge in [0.2, 0.25) is 11.8 Å². The summed E-state index contributed by atoms with van der Waals surface area (Å²) in [5.41, 5.74) is 0.246. The molecule has 1 saturated heterocycles. The van der Waals surface area contributed by atoms with Crippen LogP contribution in [0.3, 0.4) is 0 Å². The SMILES string of the molecule is CCOC(=O)C1CCCN(C(=O)CNC(=O)Cn2cnc3ccccc3c2=O)C1. The zero-order valence-corrected chi connectivity index (χ0v) is 16.3. The second kappa shape index (κ2) is 9.31. The van der Waals surface area contributed by atoms with Crippen LogP contribution in [0.15, 0.2) is 35.4 Å². The predicted octanol–water partition coefficient (Wildman–Crippen LogP) is 0.314. The third-order valence-corrected chi connectivity index (χ3v) is 4.88. The van der Waals surface area contributed by atoms with Crippen molar-refractivity contribution in [3.8, 4) is 0 Å². The molecule has 2 amide bonds. The molecule has 9 nitrogen and oxygen atoms in total. The lowest BCUT2D eigenvalue weighted by atomic mass is 9.98. The number of benzene rings is 1. The fourth-order valence-corrected chi connectivity index (χ4v) is 3.37. The minimum absolute atomic E-state index is 0.190. The molecule has 1 aliphatic rings. The summed E-state index contributed by atoms with van der Waals surface area (Å²) in [4.78, 5) is 54.7. The number of fused-ring (bicyclic) bond motifs is 1. The van der Waals surface area contributed by atoms with Crippen molar-refractivity contribution in [2.75, 3.05) is 26.2 Å². The van der Waals surface area contributed by atoms with E-state index in [0.29, 0.717) is 43.4 Å². The number of nitrogens with one attached hydrogen (secondary N) is 1. The van der Waals surface area contributed by atoms with Gasteiger partial charge in [0.1, 0.15) is 6.54 Å². The number of nitrogens with zero attached hydrogens (tertiary/aromatic N) is 3. The van der Waals surface area contributed by atoms with E-state index in [1.807, 2.05) is 0 Å². The molecule has 0 aliphatic carbocycles. The van der Waals surface area contributed by atoms with Crippen LogP contribution < -0.4 is 10.9 Å². The Labute approximate surface area is 167 Å². The van der Waals surface area contributed by atoms with E-state index in [2.05, 4.69) is 10.3 Å². The lowest BCUT2D eigenvalue weighted by Gasteiger charge is -2.31. The Hall–Kier alpha value is -3.23. The third-order valence-electron chi connectivity index (χ3n) is 4.88. The van der Waals surface area contributed by atoms with Crippen LogP contribution in [0.2, 0.25) is 0 Å². The summed E-state index contributed by atoms with van der Waals surface area (Å²) in [6.45, 7) is 2.47. The first-order valence-electron chi connectivity index (χ1n) is 9.65. The Balaban J connectivity index is 1.54. The van der Waals surface area contributed by atoms with Crippen molar-refractivity contribution in [3.63, 3.8) is 0 Å². The van der Waals surface area contributed by atoms with Crippen molar-refractivity contribution >= 4 is 28.7 Å². The molecule has 1 aromatic heterocycles. The van der Waals surface area contributed by atoms with Crippen LogP contribution in [-0.4, -0.2) is 58.5 Å². The fourth-order valence-electron chi connectivity index (χ4n) is 3.37. The number of likely N-dealkylation sites (tertiary alicyclic amines) is 1. The second-order valence-corrected chi connectivity index (χ2v) is 6.90. The molecule has 154 valence electrons. The summed E-state index contributed by atoms with van der Waals surface area (Å²) < 4.78 is 6.24. The van der Waals surface area contributed by atoms with E-state index in [0.717, 1.165) is 0 Å². The lowest BCUT2D eigenvalue weighted by molar-refractivity contribution is -0.151. The molecule has 3 rings (SSSR count). The quantitative estimate of drug-likeness (QED) is 0.699. The Morgan fingerprint density at radius 3 is 2.86 bits per heavy atom. The van der Waals surface area contributed by atoms with Gasteiger partial charge in [0.15, 0.2) is 0 Å². The number of ether oxygens (including phenoxy) is 1. The second-order valence-electron chi connectivity index (χ2n) is 6.90. The van der Waals surface area contributed by atoms with Crippen molar-refractivity contribution < 1.29 is 19.1 Å². The number of carbonyl (C=O) groups excluding carboxylic acids is 3. The highest BCUT2D eigenvalue weighted by molar-refractivity contribution is 5.85. The Bertz CT molecular complexity index is 971. The van der Waals surface area contributed by atoms with Gasteiger partial charge < -0.3 is 15.0 Å². The highest BCUT2D eigenvalue weighted by atomic mass is 16.5. The standard InChI is InChI=1S/C20H24N4O5/c1-2-29-20(28)14-6-5-9-23(11-14)18(26)10-21-17(25)12-24-13-22-16-8-4-3-7-15(16)19(24)27/h3-4,7-8,13-14H,2,5-6,9-12H2,1H3,(H,21,25). The normalized spacial score (nSPS) is 16.4. The monoisotopic (exact) mass is 400 g/mol. The van der Waals surface area contributed by atoms with Gasteiger partial charge in [-0.15, -0.1) is 0 Å². The van der Waals surface area contributed by atoms with Gasteiger partial charge in [-0.1, -0.05) is 12.1 Å². The first-order chi connectivity index (χ1) is 14.0. The van der Waals surface area contributed by atoms with Gasteiger partial charge in [0, 0.05) is 13.1 Å². The highest BCUT2D eigenvalue weighted by Gasteiger charge is 2.29. The molecule has 0 spiro atoms. The topological polar surface area (TPSA) is 111 Å². The van der Waals surface area contributed by atoms with Gasteiger partial charge in [-0.05, 0) is 31.9 Å². The molecule has 0 radical (unpaired) electrons. The molecule has 29 heavy (non-hydrogen) atoms. The molecular formula is C20H24N4O5. The number of hydrogen-bond acceptors (Lipinski definition) is 6. The van der Waals surface area contributed by atoms with E-state index < -0.39 is 5.91 Å². The summed E-state index contributed by atoms with van der Waals surface area (Å²) in [6.07, 6.45) is 2.72. The molecule has 2 aromatic rings. The first kappa shape index (κ1) is 20.5. The smallest absolute Gasteiger partial charge is 0.310 e. The van der Waals surface area contributed by atoms with Crippen LogP contribution in [0.4, 0.5) is 0 Å². The van der Waals surface area contributed by atoms with Crippen molar-refractivity contribution in [2.24, 2.45) is 5.92 Å². The average Bonchev–Trinajstić information content (AvgIpc) is 2.74. The summed E-state index contributed by atoms with van der Waals surface area (Å²) in [6, 6.07) is 6.89.